The van der Waals surface area contributed by atoms with Crippen LogP contribution in [0.3, 0.4) is 0 Å². The van der Waals surface area contributed by atoms with Gasteiger partial charge in [0.15, 0.2) is 6.61 Å². The third-order valence-corrected chi connectivity index (χ3v) is 4.93. The van der Waals surface area contributed by atoms with E-state index >= 15 is 0 Å². The number of carbonyl (C=O) groups is 2. The standard InChI is InChI=1S/C27H30N2O5/c1-5-32-24-16-22(29-27(31)20-10-8-7-9-11-20)25(33-6-2)15-21(24)28-26(30)17-34-23-13-12-18(3)14-19(23)4/h7-16H,5-6,17H2,1-4H3,(H,28,30)(H,29,31). The zero-order valence-electron chi connectivity index (χ0n) is 19.9. The first kappa shape index (κ1) is 24.6. The summed E-state index contributed by atoms with van der Waals surface area (Å²) in [5, 5.41) is 5.69. The number of carbonyl (C=O) groups excluding carboxylic acids is 2. The second-order valence-electron chi connectivity index (χ2n) is 7.64. The van der Waals surface area contributed by atoms with Crippen LogP contribution >= 0.6 is 0 Å². The molecule has 7 heteroatoms. The maximum absolute atomic E-state index is 12.7. The van der Waals surface area contributed by atoms with E-state index in [0.29, 0.717) is 47.4 Å². The van der Waals surface area contributed by atoms with Crippen LogP contribution in [0, 0.1) is 13.8 Å². The molecule has 0 unspecified atom stereocenters. The summed E-state index contributed by atoms with van der Waals surface area (Å²) in [6.07, 6.45) is 0. The molecule has 3 aromatic carbocycles. The van der Waals surface area contributed by atoms with Crippen molar-refractivity contribution in [1.82, 2.24) is 0 Å². The molecule has 0 heterocycles. The normalized spacial score (nSPS) is 10.4. The van der Waals surface area contributed by atoms with E-state index in [0.717, 1.165) is 11.1 Å². The van der Waals surface area contributed by atoms with Gasteiger partial charge >= 0.3 is 0 Å². The number of nitrogens with one attached hydrogen (secondary N) is 2. The van der Waals surface area contributed by atoms with Crippen molar-refractivity contribution in [2.45, 2.75) is 27.7 Å². The van der Waals surface area contributed by atoms with Gasteiger partial charge in [0.1, 0.15) is 17.2 Å². The van der Waals surface area contributed by atoms with E-state index < -0.39 is 0 Å². The molecule has 0 fully saturated rings. The lowest BCUT2D eigenvalue weighted by Crippen LogP contribution is -2.21. The van der Waals surface area contributed by atoms with Crippen LogP contribution in [0.4, 0.5) is 11.4 Å². The molecule has 3 aromatic rings. The van der Waals surface area contributed by atoms with E-state index in [4.69, 9.17) is 14.2 Å². The maximum atomic E-state index is 12.7. The fraction of sp³-hybridized carbons (Fsp3) is 0.259. The van der Waals surface area contributed by atoms with Gasteiger partial charge in [-0.3, -0.25) is 9.59 Å². The van der Waals surface area contributed by atoms with Gasteiger partial charge in [-0.25, -0.2) is 0 Å². The fourth-order valence-electron chi connectivity index (χ4n) is 3.38. The molecule has 0 aliphatic heterocycles. The number of rotatable bonds is 10. The number of amides is 2. The Morgan fingerprint density at radius 3 is 1.94 bits per heavy atom. The number of benzene rings is 3. The fourth-order valence-corrected chi connectivity index (χ4v) is 3.38. The van der Waals surface area contributed by atoms with Crippen molar-refractivity contribution >= 4 is 23.2 Å². The first-order chi connectivity index (χ1) is 16.4. The number of hydrogen-bond donors (Lipinski definition) is 2. The second-order valence-corrected chi connectivity index (χ2v) is 7.64. The summed E-state index contributed by atoms with van der Waals surface area (Å²) in [6.45, 7) is 8.22. The largest absolute Gasteiger partial charge is 0.492 e. The van der Waals surface area contributed by atoms with Crippen molar-refractivity contribution in [2.24, 2.45) is 0 Å². The quantitative estimate of drug-likeness (QED) is 0.423. The molecule has 7 nitrogen and oxygen atoms in total. The predicted octanol–water partition coefficient (Wildman–Crippen LogP) is 5.37. The molecular weight excluding hydrogens is 432 g/mol. The van der Waals surface area contributed by atoms with E-state index in [-0.39, 0.29) is 18.4 Å². The number of anilines is 2. The molecule has 0 radical (unpaired) electrons. The van der Waals surface area contributed by atoms with Crippen LogP contribution in [0.5, 0.6) is 17.2 Å². The molecule has 0 atom stereocenters. The molecule has 0 aliphatic carbocycles. The highest BCUT2D eigenvalue weighted by molar-refractivity contribution is 6.05. The molecule has 0 aliphatic rings. The first-order valence-corrected chi connectivity index (χ1v) is 11.2. The van der Waals surface area contributed by atoms with Gasteiger partial charge in [-0.1, -0.05) is 35.9 Å². The lowest BCUT2D eigenvalue weighted by Gasteiger charge is -2.18. The molecule has 0 bridgehead atoms. The SMILES string of the molecule is CCOc1cc(NC(=O)c2ccccc2)c(OCC)cc1NC(=O)COc1ccc(C)cc1C. The minimum absolute atomic E-state index is 0.161. The Morgan fingerprint density at radius 2 is 1.35 bits per heavy atom. The summed E-state index contributed by atoms with van der Waals surface area (Å²) in [4.78, 5) is 25.3. The third kappa shape index (κ3) is 6.51. The average molecular weight is 463 g/mol. The van der Waals surface area contributed by atoms with Gasteiger partial charge in [0.2, 0.25) is 0 Å². The molecular formula is C27H30N2O5. The number of ether oxygens (including phenoxy) is 3. The Labute approximate surface area is 200 Å². The Balaban J connectivity index is 1.79. The number of aryl methyl sites for hydroxylation is 2. The number of hydrogen-bond acceptors (Lipinski definition) is 5. The van der Waals surface area contributed by atoms with Crippen molar-refractivity contribution in [2.75, 3.05) is 30.5 Å². The highest BCUT2D eigenvalue weighted by Crippen LogP contribution is 2.37. The summed E-state index contributed by atoms with van der Waals surface area (Å²) in [5.41, 5.74) is 3.48. The van der Waals surface area contributed by atoms with Crippen LogP contribution < -0.4 is 24.8 Å². The maximum Gasteiger partial charge on any atom is 0.262 e. The summed E-state index contributed by atoms with van der Waals surface area (Å²) < 4.78 is 17.2. The molecule has 0 saturated heterocycles. The van der Waals surface area contributed by atoms with Crippen molar-refractivity contribution in [3.8, 4) is 17.2 Å². The highest BCUT2D eigenvalue weighted by Gasteiger charge is 2.17. The zero-order chi connectivity index (χ0) is 24.5. The third-order valence-electron chi connectivity index (χ3n) is 4.93. The Kier molecular flexibility index (Phi) is 8.51. The van der Waals surface area contributed by atoms with Crippen molar-refractivity contribution in [1.29, 1.82) is 0 Å². The van der Waals surface area contributed by atoms with Gasteiger partial charge < -0.3 is 24.8 Å². The van der Waals surface area contributed by atoms with E-state index in [1.807, 2.05) is 52.0 Å². The van der Waals surface area contributed by atoms with E-state index in [9.17, 15) is 9.59 Å². The van der Waals surface area contributed by atoms with Gasteiger partial charge in [0.05, 0.1) is 24.6 Å². The molecule has 3 rings (SSSR count). The van der Waals surface area contributed by atoms with Crippen LogP contribution in [-0.4, -0.2) is 31.6 Å². The smallest absolute Gasteiger partial charge is 0.262 e. The molecule has 2 N–H and O–H groups in total. The second kappa shape index (κ2) is 11.7. The summed E-state index contributed by atoms with van der Waals surface area (Å²) >= 11 is 0. The molecule has 0 spiro atoms. The topological polar surface area (TPSA) is 85.9 Å². The van der Waals surface area contributed by atoms with Gasteiger partial charge in [-0.05, 0) is 51.5 Å². The van der Waals surface area contributed by atoms with Crippen molar-refractivity contribution < 1.29 is 23.8 Å². The molecule has 2 amide bonds. The lowest BCUT2D eigenvalue weighted by molar-refractivity contribution is -0.118. The summed E-state index contributed by atoms with van der Waals surface area (Å²) in [7, 11) is 0. The van der Waals surface area contributed by atoms with Crippen LogP contribution in [-0.2, 0) is 4.79 Å². The summed E-state index contributed by atoms with van der Waals surface area (Å²) in [6, 6.07) is 18.0. The van der Waals surface area contributed by atoms with Crippen LogP contribution in [0.2, 0.25) is 0 Å². The van der Waals surface area contributed by atoms with Crippen molar-refractivity contribution in [3.05, 3.63) is 77.4 Å². The van der Waals surface area contributed by atoms with Gasteiger partial charge in [0, 0.05) is 17.7 Å². The highest BCUT2D eigenvalue weighted by atomic mass is 16.5. The Bertz CT molecular complexity index is 1150. The first-order valence-electron chi connectivity index (χ1n) is 11.2. The minimum atomic E-state index is -0.343. The van der Waals surface area contributed by atoms with Crippen LogP contribution in [0.1, 0.15) is 35.3 Å². The zero-order valence-corrected chi connectivity index (χ0v) is 19.9. The lowest BCUT2D eigenvalue weighted by atomic mass is 10.1. The van der Waals surface area contributed by atoms with E-state index in [1.165, 1.54) is 0 Å². The van der Waals surface area contributed by atoms with Gasteiger partial charge in [-0.2, -0.15) is 0 Å². The predicted molar refractivity (Wildman–Crippen MR) is 133 cm³/mol. The molecule has 0 saturated carbocycles. The monoisotopic (exact) mass is 462 g/mol. The van der Waals surface area contributed by atoms with Crippen LogP contribution in [0.25, 0.3) is 0 Å². The van der Waals surface area contributed by atoms with E-state index in [1.54, 1.807) is 36.4 Å². The molecule has 34 heavy (non-hydrogen) atoms. The Morgan fingerprint density at radius 1 is 0.735 bits per heavy atom. The van der Waals surface area contributed by atoms with Crippen LogP contribution in [0.15, 0.2) is 60.7 Å². The van der Waals surface area contributed by atoms with Gasteiger partial charge in [0.25, 0.3) is 11.8 Å². The van der Waals surface area contributed by atoms with Crippen molar-refractivity contribution in [3.63, 3.8) is 0 Å². The minimum Gasteiger partial charge on any atom is -0.492 e. The van der Waals surface area contributed by atoms with E-state index in [2.05, 4.69) is 10.6 Å². The Hall–Kier alpha value is -4.00. The van der Waals surface area contributed by atoms with Gasteiger partial charge in [-0.15, -0.1) is 0 Å². The molecule has 178 valence electrons. The molecule has 0 aromatic heterocycles. The average Bonchev–Trinajstić information content (AvgIpc) is 2.82. The summed E-state index contributed by atoms with van der Waals surface area (Å²) in [5.74, 6) is 0.863.